The van der Waals surface area contributed by atoms with Crippen LogP contribution in [0.3, 0.4) is 0 Å². The lowest BCUT2D eigenvalue weighted by molar-refractivity contribution is -0.135. The van der Waals surface area contributed by atoms with E-state index in [1.54, 1.807) is 12.1 Å². The maximum atomic E-state index is 10.2. The van der Waals surface area contributed by atoms with E-state index in [9.17, 15) is 4.79 Å². The molecule has 0 amide bonds. The van der Waals surface area contributed by atoms with Gasteiger partial charge in [-0.1, -0.05) is 23.8 Å². The van der Waals surface area contributed by atoms with Crippen LogP contribution in [0.25, 0.3) is 6.08 Å². The summed E-state index contributed by atoms with van der Waals surface area (Å²) in [6.45, 7) is 0. The van der Waals surface area contributed by atoms with Crippen LogP contribution in [0.2, 0.25) is 5.02 Å². The monoisotopic (exact) mass is 212 g/mol. The Labute approximate surface area is 86.3 Å². The fourth-order valence-corrected chi connectivity index (χ4v) is 1.18. The Morgan fingerprint density at radius 2 is 2.21 bits per heavy atom. The first kappa shape index (κ1) is 10.6. The normalized spacial score (nSPS) is 10.6. The zero-order valence-electron chi connectivity index (χ0n) is 7.27. The molecule has 1 aromatic carbocycles. The highest BCUT2D eigenvalue weighted by atomic mass is 35.5. The summed E-state index contributed by atoms with van der Waals surface area (Å²) in [6.07, 6.45) is 3.06. The summed E-state index contributed by atoms with van der Waals surface area (Å²) in [5.74, 6) is -0.804. The lowest BCUT2D eigenvalue weighted by Gasteiger charge is -1.98. The third-order valence-corrected chi connectivity index (χ3v) is 1.90. The first-order valence-electron chi connectivity index (χ1n) is 3.96. The van der Waals surface area contributed by atoms with Crippen LogP contribution in [0.4, 0.5) is 0 Å². The molecule has 4 heteroatoms. The van der Waals surface area contributed by atoms with Gasteiger partial charge in [-0.25, -0.2) is 0 Å². The summed E-state index contributed by atoms with van der Waals surface area (Å²) in [6, 6.07) is 4.52. The Bertz CT molecular complexity index is 372. The van der Waals surface area contributed by atoms with Crippen LogP contribution in [0.15, 0.2) is 24.3 Å². The minimum Gasteiger partial charge on any atom is -0.508 e. The predicted molar refractivity (Wildman–Crippen MR) is 54.4 cm³/mol. The number of benzene rings is 1. The molecule has 0 atom stereocenters. The summed E-state index contributed by atoms with van der Waals surface area (Å²) < 4.78 is 0. The molecule has 0 radical (unpaired) electrons. The first-order valence-corrected chi connectivity index (χ1v) is 4.34. The van der Waals surface area contributed by atoms with Gasteiger partial charge < -0.3 is 10.2 Å². The summed E-state index contributed by atoms with van der Waals surface area (Å²) in [5.41, 5.74) is 0.686. The smallest absolute Gasteiger partial charge is 0.307 e. The van der Waals surface area contributed by atoms with Gasteiger partial charge in [0, 0.05) is 0 Å². The van der Waals surface area contributed by atoms with Crippen molar-refractivity contribution in [1.82, 2.24) is 0 Å². The zero-order valence-corrected chi connectivity index (χ0v) is 8.03. The Hall–Kier alpha value is -1.48. The Morgan fingerprint density at radius 1 is 1.50 bits per heavy atom. The summed E-state index contributed by atoms with van der Waals surface area (Å²) >= 11 is 5.79. The lowest BCUT2D eigenvalue weighted by atomic mass is 10.2. The number of phenols is 1. The van der Waals surface area contributed by atoms with Gasteiger partial charge in [-0.3, -0.25) is 4.79 Å². The maximum absolute atomic E-state index is 10.2. The van der Waals surface area contributed by atoms with Gasteiger partial charge in [0.1, 0.15) is 5.75 Å². The molecule has 0 bridgehead atoms. The molecular weight excluding hydrogens is 204 g/mol. The molecule has 0 spiro atoms. The van der Waals surface area contributed by atoms with Crippen molar-refractivity contribution in [2.75, 3.05) is 0 Å². The quantitative estimate of drug-likeness (QED) is 0.810. The van der Waals surface area contributed by atoms with Crippen LogP contribution in [0.5, 0.6) is 5.75 Å². The van der Waals surface area contributed by atoms with E-state index < -0.39 is 5.97 Å². The summed E-state index contributed by atoms with van der Waals surface area (Å²) in [7, 11) is 0. The zero-order chi connectivity index (χ0) is 10.6. The van der Waals surface area contributed by atoms with Crippen molar-refractivity contribution >= 4 is 23.6 Å². The van der Waals surface area contributed by atoms with Crippen molar-refractivity contribution in [1.29, 1.82) is 0 Å². The molecule has 0 fully saturated rings. The Kier molecular flexibility index (Phi) is 3.54. The van der Waals surface area contributed by atoms with Crippen LogP contribution in [-0.4, -0.2) is 16.2 Å². The third-order valence-electron chi connectivity index (χ3n) is 1.57. The number of aliphatic carboxylic acids is 1. The van der Waals surface area contributed by atoms with E-state index in [1.165, 1.54) is 18.2 Å². The number of hydrogen-bond donors (Lipinski definition) is 2. The van der Waals surface area contributed by atoms with E-state index in [4.69, 9.17) is 21.8 Å². The number of rotatable bonds is 3. The predicted octanol–water partition coefficient (Wildman–Crippen LogP) is 2.53. The fraction of sp³-hybridized carbons (Fsp3) is 0.100. The van der Waals surface area contributed by atoms with Gasteiger partial charge in [0.2, 0.25) is 0 Å². The average molecular weight is 213 g/mol. The Balaban J connectivity index is 2.76. The molecule has 1 aromatic rings. The SMILES string of the molecule is O=C(O)CC=Cc1ccc(O)cc1Cl. The second-order valence-electron chi connectivity index (χ2n) is 2.71. The topological polar surface area (TPSA) is 57.5 Å². The average Bonchev–Trinajstić information content (AvgIpc) is 2.08. The van der Waals surface area contributed by atoms with Gasteiger partial charge in [-0.05, 0) is 23.8 Å². The minimum atomic E-state index is -0.892. The van der Waals surface area contributed by atoms with Gasteiger partial charge in [0.25, 0.3) is 0 Å². The molecule has 0 unspecified atom stereocenters. The minimum absolute atomic E-state index is 0.0444. The molecule has 0 aliphatic heterocycles. The number of carboxylic acids is 1. The number of aromatic hydroxyl groups is 1. The van der Waals surface area contributed by atoms with Gasteiger partial charge in [0.05, 0.1) is 11.4 Å². The molecule has 0 saturated carbocycles. The van der Waals surface area contributed by atoms with Crippen molar-refractivity contribution in [2.45, 2.75) is 6.42 Å². The molecule has 0 saturated heterocycles. The molecule has 0 aromatic heterocycles. The van der Waals surface area contributed by atoms with Crippen molar-refractivity contribution in [3.05, 3.63) is 34.9 Å². The summed E-state index contributed by atoms with van der Waals surface area (Å²) in [5, 5.41) is 17.8. The Morgan fingerprint density at radius 3 is 2.79 bits per heavy atom. The molecule has 1 rings (SSSR count). The highest BCUT2D eigenvalue weighted by Crippen LogP contribution is 2.22. The van der Waals surface area contributed by atoms with E-state index in [0.717, 1.165) is 0 Å². The highest BCUT2D eigenvalue weighted by molar-refractivity contribution is 6.32. The molecule has 0 aliphatic rings. The highest BCUT2D eigenvalue weighted by Gasteiger charge is 1.97. The van der Waals surface area contributed by atoms with Crippen LogP contribution < -0.4 is 0 Å². The van der Waals surface area contributed by atoms with Crippen molar-refractivity contribution in [3.63, 3.8) is 0 Å². The van der Waals surface area contributed by atoms with Crippen molar-refractivity contribution in [3.8, 4) is 5.75 Å². The van der Waals surface area contributed by atoms with E-state index in [2.05, 4.69) is 0 Å². The molecule has 74 valence electrons. The van der Waals surface area contributed by atoms with E-state index >= 15 is 0 Å². The van der Waals surface area contributed by atoms with Crippen molar-refractivity contribution < 1.29 is 15.0 Å². The van der Waals surface area contributed by atoms with Gasteiger partial charge in [0.15, 0.2) is 0 Å². The van der Waals surface area contributed by atoms with Crippen LogP contribution >= 0.6 is 11.6 Å². The van der Waals surface area contributed by atoms with Gasteiger partial charge >= 0.3 is 5.97 Å². The lowest BCUT2D eigenvalue weighted by Crippen LogP contribution is -1.89. The van der Waals surface area contributed by atoms with Gasteiger partial charge in [-0.2, -0.15) is 0 Å². The first-order chi connectivity index (χ1) is 6.59. The van der Waals surface area contributed by atoms with E-state index in [1.807, 2.05) is 0 Å². The molecular formula is C10H9ClO3. The molecule has 0 heterocycles. The molecule has 3 nitrogen and oxygen atoms in total. The molecule has 2 N–H and O–H groups in total. The van der Waals surface area contributed by atoms with Crippen molar-refractivity contribution in [2.24, 2.45) is 0 Å². The third kappa shape index (κ3) is 3.11. The van der Waals surface area contributed by atoms with E-state index in [0.29, 0.717) is 10.6 Å². The van der Waals surface area contributed by atoms with Crippen LogP contribution in [0.1, 0.15) is 12.0 Å². The van der Waals surface area contributed by atoms with Crippen LogP contribution in [0, 0.1) is 0 Å². The standard InChI is InChI=1S/C10H9ClO3/c11-9-6-8(12)5-4-7(9)2-1-3-10(13)14/h1-2,4-6,12H,3H2,(H,13,14). The second-order valence-corrected chi connectivity index (χ2v) is 3.11. The largest absolute Gasteiger partial charge is 0.508 e. The molecule has 14 heavy (non-hydrogen) atoms. The second kappa shape index (κ2) is 4.67. The van der Waals surface area contributed by atoms with Crippen LogP contribution in [-0.2, 0) is 4.79 Å². The summed E-state index contributed by atoms with van der Waals surface area (Å²) in [4.78, 5) is 10.2. The number of halogens is 1. The number of carbonyl (C=O) groups is 1. The number of phenolic OH excluding ortho intramolecular Hbond substituents is 1. The number of hydrogen-bond acceptors (Lipinski definition) is 2. The molecule has 0 aliphatic carbocycles. The van der Waals surface area contributed by atoms with Gasteiger partial charge in [-0.15, -0.1) is 0 Å². The number of carboxylic acid groups (broad SMARTS) is 1. The fourth-order valence-electron chi connectivity index (χ4n) is 0.938. The maximum Gasteiger partial charge on any atom is 0.307 e. The van der Waals surface area contributed by atoms with E-state index in [-0.39, 0.29) is 12.2 Å².